The fourth-order valence-electron chi connectivity index (χ4n) is 18.3. The van der Waals surface area contributed by atoms with Gasteiger partial charge in [-0.15, -0.1) is 0 Å². The molecule has 0 saturated carbocycles. The minimum absolute atomic E-state index is 0.504. The molecule has 0 atom stereocenters. The molecule has 0 radical (unpaired) electrons. The summed E-state index contributed by atoms with van der Waals surface area (Å²) in [6.45, 7) is 0. The Labute approximate surface area is 635 Å². The van der Waals surface area contributed by atoms with Crippen molar-refractivity contribution in [2.24, 2.45) is 0 Å². The standard InChI is InChI=1S/C101H55N7O4/c1-3-22-59(23-4-1)98-104-99(60-24-5-2-6-25-60)106-100(105-98)63-27-19-28-64(53-63)107-77-37-15-10-31-68(77)85-74-49-51-83-88(71-33-12-17-39-80(71)110-83)90(74)92-73-48-46-62(55-84(73)112-96(92)94(85)107)61-45-47-69-78(54-61)108(95-86(69)75-50-52-82-87(70-32-11-16-38-79(70)109-82)89(75)91-72-34-13-18-40-81(72)111-97(91)95)101-102-76-36-14-9-30-67(76)93(103-101)58-43-41-57(42-44-58)66-35-20-26-56-21-7-8-29-65(56)66/h1-55H. The Bertz CT molecular complexity index is 8330. The predicted octanol–water partition coefficient (Wildman–Crippen LogP) is 27.1. The summed E-state index contributed by atoms with van der Waals surface area (Å²) in [5.74, 6) is 2.25. The first-order valence-electron chi connectivity index (χ1n) is 37.7. The van der Waals surface area contributed by atoms with Crippen LogP contribution in [-0.4, -0.2) is 34.1 Å². The zero-order valence-corrected chi connectivity index (χ0v) is 59.5. The topological polar surface area (TPSA) is 127 Å². The van der Waals surface area contributed by atoms with Crippen LogP contribution in [0.15, 0.2) is 351 Å². The maximum absolute atomic E-state index is 7.74. The molecule has 112 heavy (non-hydrogen) atoms. The van der Waals surface area contributed by atoms with E-state index in [-0.39, 0.29) is 0 Å². The van der Waals surface area contributed by atoms with Crippen molar-refractivity contribution < 1.29 is 17.7 Å². The van der Waals surface area contributed by atoms with E-state index in [1.807, 2.05) is 78.9 Å². The van der Waals surface area contributed by atoms with Gasteiger partial charge < -0.3 is 22.2 Å². The molecule has 518 valence electrons. The first-order valence-corrected chi connectivity index (χ1v) is 37.7. The van der Waals surface area contributed by atoms with E-state index >= 15 is 0 Å². The summed E-state index contributed by atoms with van der Waals surface area (Å²) in [4.78, 5) is 26.9. The lowest BCUT2D eigenvalue weighted by molar-refractivity contribution is 0.668. The number of nitrogens with zero attached hydrogens (tertiary/aromatic N) is 7. The highest BCUT2D eigenvalue weighted by Gasteiger charge is 2.31. The highest BCUT2D eigenvalue weighted by molar-refractivity contribution is 6.43. The third-order valence-corrected chi connectivity index (χ3v) is 23.1. The van der Waals surface area contributed by atoms with Crippen LogP contribution in [0.1, 0.15) is 0 Å². The first-order chi connectivity index (χ1) is 55.5. The Balaban J connectivity index is 0.747. The van der Waals surface area contributed by atoms with Gasteiger partial charge in [0.1, 0.15) is 39.0 Å². The van der Waals surface area contributed by atoms with E-state index < -0.39 is 0 Å². The first kappa shape index (κ1) is 60.8. The number of furan rings is 4. The summed E-state index contributed by atoms with van der Waals surface area (Å²) in [6.07, 6.45) is 0. The van der Waals surface area contributed by atoms with Crippen molar-refractivity contribution in [2.75, 3.05) is 0 Å². The van der Waals surface area contributed by atoms with Crippen molar-refractivity contribution in [1.29, 1.82) is 0 Å². The number of para-hydroxylation sites is 5. The Kier molecular flexibility index (Phi) is 12.5. The van der Waals surface area contributed by atoms with E-state index in [1.54, 1.807) is 0 Å². The van der Waals surface area contributed by atoms with Crippen LogP contribution in [0.5, 0.6) is 0 Å². The average molecular weight is 1430 g/mol. The van der Waals surface area contributed by atoms with Crippen molar-refractivity contribution in [3.05, 3.63) is 334 Å². The van der Waals surface area contributed by atoms with Crippen LogP contribution in [0.3, 0.4) is 0 Å². The van der Waals surface area contributed by atoms with Crippen molar-refractivity contribution >= 4 is 175 Å². The Morgan fingerprint density at radius 2 is 0.688 bits per heavy atom. The number of fused-ring (bicyclic) bond motifs is 30. The number of hydrogen-bond donors (Lipinski definition) is 0. The molecule has 25 aromatic rings. The quantitative estimate of drug-likeness (QED) is 0.146. The van der Waals surface area contributed by atoms with Crippen LogP contribution in [0, 0.1) is 0 Å². The number of hydrogen-bond acceptors (Lipinski definition) is 9. The van der Waals surface area contributed by atoms with Gasteiger partial charge in [-0.1, -0.05) is 249 Å². The lowest BCUT2D eigenvalue weighted by Gasteiger charge is -2.13. The molecule has 11 heteroatoms. The molecule has 17 aromatic carbocycles. The van der Waals surface area contributed by atoms with Crippen LogP contribution in [0.4, 0.5) is 0 Å². The van der Waals surface area contributed by atoms with Crippen LogP contribution in [-0.2, 0) is 0 Å². The van der Waals surface area contributed by atoms with Crippen molar-refractivity contribution in [3.8, 4) is 79.3 Å². The smallest absolute Gasteiger partial charge is 0.235 e. The Morgan fingerprint density at radius 3 is 1.36 bits per heavy atom. The van der Waals surface area contributed by atoms with E-state index in [9.17, 15) is 0 Å². The molecule has 8 aromatic heterocycles. The summed E-state index contributed by atoms with van der Waals surface area (Å²) in [5.41, 5.74) is 20.3. The fraction of sp³-hybridized carbons (Fsp3) is 0. The lowest BCUT2D eigenvalue weighted by Crippen LogP contribution is -2.04. The summed E-state index contributed by atoms with van der Waals surface area (Å²) in [6, 6.07) is 117. The fourth-order valence-corrected chi connectivity index (χ4v) is 18.3. The van der Waals surface area contributed by atoms with E-state index in [0.29, 0.717) is 23.4 Å². The number of rotatable bonds is 8. The lowest BCUT2D eigenvalue weighted by atomic mass is 9.94. The normalized spacial score (nSPS) is 12.3. The van der Waals surface area contributed by atoms with Crippen molar-refractivity contribution in [1.82, 2.24) is 34.1 Å². The van der Waals surface area contributed by atoms with Gasteiger partial charge in [0.05, 0.1) is 27.8 Å². The average Bonchev–Trinajstić information content (AvgIpc) is 1.52. The molecular weight excluding hydrogens is 1380 g/mol. The summed E-state index contributed by atoms with van der Waals surface area (Å²) < 4.78 is 33.2. The summed E-state index contributed by atoms with van der Waals surface area (Å²) >= 11 is 0. The number of aromatic nitrogens is 7. The molecule has 0 fully saturated rings. The van der Waals surface area contributed by atoms with Crippen molar-refractivity contribution in [2.45, 2.75) is 0 Å². The van der Waals surface area contributed by atoms with Gasteiger partial charge in [0.25, 0.3) is 0 Å². The molecule has 0 aliphatic heterocycles. The third kappa shape index (κ3) is 8.72. The minimum atomic E-state index is 0.504. The van der Waals surface area contributed by atoms with E-state index in [2.05, 4.69) is 264 Å². The van der Waals surface area contributed by atoms with E-state index in [4.69, 9.17) is 42.6 Å². The van der Waals surface area contributed by atoms with Gasteiger partial charge in [-0.2, -0.15) is 0 Å². The van der Waals surface area contributed by atoms with Gasteiger partial charge >= 0.3 is 0 Å². The zero-order valence-electron chi connectivity index (χ0n) is 59.5. The SMILES string of the molecule is c1ccc(-c2nc(-c3ccccc3)nc(-c3cccc(-n4c5ccccc5c5c6ccc7oc8ccccc8c7c6c6c7ccc(-c8ccc9c%10c%11ccc%12oc%13ccccc%13c%12c%11c%11c%12ccccc%12oc%11c%10n(-c%10nc(-c%11ccc(-c%12cccc%13ccccc%12%13)cc%11)c%11ccccc%11n%10)c9c8)cc7oc6c54)c3)n2)cc1. The second kappa shape index (κ2) is 23.1. The van der Waals surface area contributed by atoms with Crippen LogP contribution in [0.25, 0.3) is 254 Å². The highest BCUT2D eigenvalue weighted by atomic mass is 16.3. The van der Waals surface area contributed by atoms with E-state index in [0.717, 1.165) is 214 Å². The molecule has 0 aliphatic rings. The van der Waals surface area contributed by atoms with Gasteiger partial charge in [0.15, 0.2) is 28.6 Å². The largest absolute Gasteiger partial charge is 0.456 e. The molecule has 0 N–H and O–H groups in total. The molecule has 0 spiro atoms. The second-order valence-corrected chi connectivity index (χ2v) is 29.2. The summed E-state index contributed by atoms with van der Waals surface area (Å²) in [7, 11) is 0. The van der Waals surface area contributed by atoms with E-state index in [1.165, 1.54) is 16.3 Å². The Hall–Kier alpha value is -15.3. The summed E-state index contributed by atoms with van der Waals surface area (Å²) in [5, 5.41) is 19.9. The van der Waals surface area contributed by atoms with Gasteiger partial charge in [0, 0.05) is 109 Å². The van der Waals surface area contributed by atoms with Crippen molar-refractivity contribution in [3.63, 3.8) is 0 Å². The third-order valence-electron chi connectivity index (χ3n) is 23.1. The Morgan fingerprint density at radius 1 is 0.223 bits per heavy atom. The minimum Gasteiger partial charge on any atom is -0.456 e. The second-order valence-electron chi connectivity index (χ2n) is 29.2. The molecule has 0 amide bonds. The molecule has 0 saturated heterocycles. The molecule has 0 bridgehead atoms. The molecule has 25 rings (SSSR count). The monoisotopic (exact) mass is 1430 g/mol. The van der Waals surface area contributed by atoms with Gasteiger partial charge in [-0.05, 0) is 129 Å². The van der Waals surface area contributed by atoms with Crippen LogP contribution in [0.2, 0.25) is 0 Å². The van der Waals surface area contributed by atoms with Gasteiger partial charge in [-0.25, -0.2) is 24.9 Å². The predicted molar refractivity (Wildman–Crippen MR) is 456 cm³/mol. The number of benzene rings is 17. The van der Waals surface area contributed by atoms with Crippen LogP contribution < -0.4 is 0 Å². The molecular formula is C101H55N7O4. The maximum atomic E-state index is 7.74. The molecule has 0 unspecified atom stereocenters. The molecule has 11 nitrogen and oxygen atoms in total. The molecule has 0 aliphatic carbocycles. The molecule has 8 heterocycles. The highest BCUT2D eigenvalue weighted by Crippen LogP contribution is 2.53. The van der Waals surface area contributed by atoms with Gasteiger partial charge in [0.2, 0.25) is 5.95 Å². The zero-order chi connectivity index (χ0) is 73.0. The maximum Gasteiger partial charge on any atom is 0.235 e. The van der Waals surface area contributed by atoms with Gasteiger partial charge in [-0.3, -0.25) is 4.57 Å². The van der Waals surface area contributed by atoms with Crippen LogP contribution >= 0.6 is 0 Å².